The molecule has 2 heterocycles. The Morgan fingerprint density at radius 1 is 1.61 bits per heavy atom. The van der Waals surface area contributed by atoms with Crippen LogP contribution in [-0.2, 0) is 4.79 Å². The summed E-state index contributed by atoms with van der Waals surface area (Å²) >= 11 is 1.15. The summed E-state index contributed by atoms with van der Waals surface area (Å²) in [6, 6.07) is 3.62. The first kappa shape index (κ1) is 12.7. The van der Waals surface area contributed by atoms with Gasteiger partial charge in [0.2, 0.25) is 0 Å². The van der Waals surface area contributed by atoms with Gasteiger partial charge in [-0.1, -0.05) is 11.8 Å². The zero-order chi connectivity index (χ0) is 13.1. The Morgan fingerprint density at radius 2 is 2.39 bits per heavy atom. The minimum Gasteiger partial charge on any atom is -0.481 e. The summed E-state index contributed by atoms with van der Waals surface area (Å²) in [5.41, 5.74) is 0. The highest BCUT2D eigenvalue weighted by atomic mass is 32.2. The minimum absolute atomic E-state index is 0.0387. The number of carboxylic acids is 1. The van der Waals surface area contributed by atoms with E-state index in [2.05, 4.69) is 10.2 Å². The van der Waals surface area contributed by atoms with Crippen molar-refractivity contribution in [2.75, 3.05) is 5.75 Å². The lowest BCUT2D eigenvalue weighted by Crippen LogP contribution is -2.10. The second-order valence-electron chi connectivity index (χ2n) is 3.77. The van der Waals surface area contributed by atoms with Gasteiger partial charge in [0, 0.05) is 0 Å². The normalized spacial score (nSPS) is 12.6. The number of nitrogens with zero attached hydrogens (tertiary/aromatic N) is 3. The predicted octanol–water partition coefficient (Wildman–Crippen LogP) is 1.97. The maximum Gasteiger partial charge on any atom is 0.313 e. The summed E-state index contributed by atoms with van der Waals surface area (Å²) in [5, 5.41) is 17.3. The monoisotopic (exact) mass is 267 g/mol. The molecule has 0 fully saturated rings. The Labute approximate surface area is 108 Å². The zero-order valence-corrected chi connectivity index (χ0v) is 10.8. The number of carboxylic acid groups (broad SMARTS) is 1. The second kappa shape index (κ2) is 5.26. The molecule has 96 valence electrons. The first-order valence-corrected chi connectivity index (χ1v) is 6.37. The van der Waals surface area contributed by atoms with Crippen LogP contribution in [0.3, 0.4) is 0 Å². The molecule has 2 aromatic heterocycles. The zero-order valence-electron chi connectivity index (χ0n) is 10.0. The highest BCUT2D eigenvalue weighted by Crippen LogP contribution is 2.26. The SMILES string of the molecule is Cc1nnc(SCC(=O)O)n1C(C)c1ccco1. The molecule has 7 heteroatoms. The fourth-order valence-corrected chi connectivity index (χ4v) is 2.46. The van der Waals surface area contributed by atoms with Crippen molar-refractivity contribution in [3.05, 3.63) is 30.0 Å². The molecule has 0 aliphatic carbocycles. The lowest BCUT2D eigenvalue weighted by molar-refractivity contribution is -0.133. The summed E-state index contributed by atoms with van der Waals surface area (Å²) < 4.78 is 7.22. The maximum atomic E-state index is 10.6. The number of aliphatic carboxylic acids is 1. The van der Waals surface area contributed by atoms with Crippen LogP contribution in [0.25, 0.3) is 0 Å². The van der Waals surface area contributed by atoms with E-state index in [1.54, 1.807) is 6.26 Å². The molecule has 0 aliphatic rings. The van der Waals surface area contributed by atoms with Gasteiger partial charge in [0.15, 0.2) is 5.16 Å². The fraction of sp³-hybridized carbons (Fsp3) is 0.364. The van der Waals surface area contributed by atoms with E-state index >= 15 is 0 Å². The summed E-state index contributed by atoms with van der Waals surface area (Å²) in [6.45, 7) is 3.79. The van der Waals surface area contributed by atoms with Crippen LogP contribution in [-0.4, -0.2) is 31.6 Å². The van der Waals surface area contributed by atoms with Gasteiger partial charge < -0.3 is 9.52 Å². The number of furan rings is 1. The van der Waals surface area contributed by atoms with Crippen LogP contribution in [0.4, 0.5) is 0 Å². The van der Waals surface area contributed by atoms with Crippen LogP contribution in [0, 0.1) is 6.92 Å². The third-order valence-electron chi connectivity index (χ3n) is 2.50. The van der Waals surface area contributed by atoms with Crippen molar-refractivity contribution in [1.29, 1.82) is 0 Å². The van der Waals surface area contributed by atoms with Crippen molar-refractivity contribution in [3.63, 3.8) is 0 Å². The summed E-state index contributed by atoms with van der Waals surface area (Å²) in [7, 11) is 0. The molecular formula is C11H13N3O3S. The third kappa shape index (κ3) is 2.56. The van der Waals surface area contributed by atoms with Gasteiger partial charge in [-0.15, -0.1) is 10.2 Å². The molecule has 2 rings (SSSR count). The van der Waals surface area contributed by atoms with Crippen molar-refractivity contribution in [3.8, 4) is 0 Å². The van der Waals surface area contributed by atoms with E-state index < -0.39 is 5.97 Å². The molecule has 0 bridgehead atoms. The molecule has 2 aromatic rings. The Hall–Kier alpha value is -1.76. The van der Waals surface area contributed by atoms with Crippen LogP contribution in [0.2, 0.25) is 0 Å². The standard InChI is InChI=1S/C11H13N3O3S/c1-7(9-4-3-5-17-9)14-8(2)12-13-11(14)18-6-10(15)16/h3-5,7H,6H2,1-2H3,(H,15,16). The van der Waals surface area contributed by atoms with Crippen molar-refractivity contribution in [2.24, 2.45) is 0 Å². The lowest BCUT2D eigenvalue weighted by Gasteiger charge is -2.14. The maximum absolute atomic E-state index is 10.6. The van der Waals surface area contributed by atoms with Gasteiger partial charge >= 0.3 is 5.97 Å². The van der Waals surface area contributed by atoms with Crippen LogP contribution >= 0.6 is 11.8 Å². The van der Waals surface area contributed by atoms with Crippen LogP contribution in [0.5, 0.6) is 0 Å². The molecule has 0 aromatic carbocycles. The number of aromatic nitrogens is 3. The number of hydrogen-bond donors (Lipinski definition) is 1. The van der Waals surface area contributed by atoms with Gasteiger partial charge in [0.05, 0.1) is 18.1 Å². The molecule has 0 aliphatic heterocycles. The summed E-state index contributed by atoms with van der Waals surface area (Å²) in [4.78, 5) is 10.6. The van der Waals surface area contributed by atoms with E-state index in [0.717, 1.165) is 23.3 Å². The number of hydrogen-bond acceptors (Lipinski definition) is 5. The number of aryl methyl sites for hydroxylation is 1. The van der Waals surface area contributed by atoms with Gasteiger partial charge in [-0.25, -0.2) is 0 Å². The quantitative estimate of drug-likeness (QED) is 0.834. The van der Waals surface area contributed by atoms with E-state index in [-0.39, 0.29) is 11.8 Å². The Kier molecular flexibility index (Phi) is 3.71. The second-order valence-corrected chi connectivity index (χ2v) is 4.72. The van der Waals surface area contributed by atoms with E-state index in [0.29, 0.717) is 5.16 Å². The number of thioether (sulfide) groups is 1. The number of rotatable bonds is 5. The molecular weight excluding hydrogens is 254 g/mol. The largest absolute Gasteiger partial charge is 0.481 e. The van der Waals surface area contributed by atoms with Gasteiger partial charge in [0.1, 0.15) is 11.6 Å². The Balaban J connectivity index is 2.26. The molecule has 0 spiro atoms. The van der Waals surface area contributed by atoms with Gasteiger partial charge in [-0.2, -0.15) is 0 Å². The van der Waals surface area contributed by atoms with E-state index in [9.17, 15) is 4.79 Å². The molecule has 0 saturated heterocycles. The Morgan fingerprint density at radius 3 is 3.00 bits per heavy atom. The molecule has 18 heavy (non-hydrogen) atoms. The molecule has 1 atom stereocenters. The van der Waals surface area contributed by atoms with Crippen LogP contribution in [0.1, 0.15) is 24.6 Å². The van der Waals surface area contributed by atoms with Crippen molar-refractivity contribution in [2.45, 2.75) is 25.0 Å². The first-order valence-electron chi connectivity index (χ1n) is 5.39. The lowest BCUT2D eigenvalue weighted by atomic mass is 10.2. The number of carbonyl (C=O) groups is 1. The first-order chi connectivity index (χ1) is 8.59. The van der Waals surface area contributed by atoms with Gasteiger partial charge in [-0.3, -0.25) is 9.36 Å². The van der Waals surface area contributed by atoms with Gasteiger partial charge in [-0.05, 0) is 26.0 Å². The molecule has 0 saturated carbocycles. The highest BCUT2D eigenvalue weighted by Gasteiger charge is 2.19. The third-order valence-corrected chi connectivity index (χ3v) is 3.43. The molecule has 0 radical (unpaired) electrons. The minimum atomic E-state index is -0.877. The van der Waals surface area contributed by atoms with E-state index in [1.807, 2.05) is 30.5 Å². The summed E-state index contributed by atoms with van der Waals surface area (Å²) in [5.74, 6) is 0.600. The smallest absolute Gasteiger partial charge is 0.313 e. The van der Waals surface area contributed by atoms with E-state index in [4.69, 9.17) is 9.52 Å². The molecule has 0 amide bonds. The summed E-state index contributed by atoms with van der Waals surface area (Å²) in [6.07, 6.45) is 1.61. The van der Waals surface area contributed by atoms with Crippen molar-refractivity contribution in [1.82, 2.24) is 14.8 Å². The van der Waals surface area contributed by atoms with E-state index in [1.165, 1.54) is 0 Å². The average molecular weight is 267 g/mol. The predicted molar refractivity (Wildman–Crippen MR) is 65.6 cm³/mol. The highest BCUT2D eigenvalue weighted by molar-refractivity contribution is 7.99. The molecule has 1 N–H and O–H groups in total. The van der Waals surface area contributed by atoms with Crippen LogP contribution < -0.4 is 0 Å². The van der Waals surface area contributed by atoms with Crippen molar-refractivity contribution < 1.29 is 14.3 Å². The topological polar surface area (TPSA) is 81.1 Å². The average Bonchev–Trinajstić information content (AvgIpc) is 2.94. The molecule has 1 unspecified atom stereocenters. The fourth-order valence-electron chi connectivity index (χ4n) is 1.68. The Bertz CT molecular complexity index is 536. The molecule has 6 nitrogen and oxygen atoms in total. The van der Waals surface area contributed by atoms with Crippen molar-refractivity contribution >= 4 is 17.7 Å². The van der Waals surface area contributed by atoms with Crippen LogP contribution in [0.15, 0.2) is 28.0 Å². The van der Waals surface area contributed by atoms with Gasteiger partial charge in [0.25, 0.3) is 0 Å².